The summed E-state index contributed by atoms with van der Waals surface area (Å²) in [6.45, 7) is 2.99. The number of carbonyl (C=O) groups excluding carboxylic acids is 2. The van der Waals surface area contributed by atoms with E-state index < -0.39 is 11.9 Å². The molecule has 0 atom stereocenters. The molecule has 0 aliphatic carbocycles. The van der Waals surface area contributed by atoms with Crippen LogP contribution in [0.3, 0.4) is 0 Å². The van der Waals surface area contributed by atoms with Crippen molar-refractivity contribution in [2.45, 2.75) is 45.4 Å². The second-order valence-electron chi connectivity index (χ2n) is 5.66. The number of hydrazine groups is 1. The fourth-order valence-corrected chi connectivity index (χ4v) is 2.29. The first kappa shape index (κ1) is 19.9. The maximum atomic E-state index is 12.4. The number of phenolic OH excluding ortho intramolecular Hbond substituents is 1. The molecule has 1 aromatic rings. The molecule has 0 heterocycles. The van der Waals surface area contributed by atoms with Crippen LogP contribution in [0.4, 0.5) is 4.79 Å². The maximum absolute atomic E-state index is 12.4. The van der Waals surface area contributed by atoms with Gasteiger partial charge in [-0.3, -0.25) is 15.5 Å². The second-order valence-corrected chi connectivity index (χ2v) is 5.66. The summed E-state index contributed by atoms with van der Waals surface area (Å²) in [6, 6.07) is 5.04. The summed E-state index contributed by atoms with van der Waals surface area (Å²) in [6.07, 6.45) is 7.06. The van der Waals surface area contributed by atoms with Crippen LogP contribution in [0.15, 0.2) is 24.3 Å². The number of hydrogen-bond acceptors (Lipinski definition) is 5. The summed E-state index contributed by atoms with van der Waals surface area (Å²) in [4.78, 5) is 25.2. The Kier molecular flexibility index (Phi) is 9.48. The van der Waals surface area contributed by atoms with Crippen LogP contribution < -0.4 is 16.6 Å². The number of carbonyl (C=O) groups is 2. The molecule has 7 heteroatoms. The molecule has 7 nitrogen and oxygen atoms in total. The van der Waals surface area contributed by atoms with Crippen LogP contribution >= 0.6 is 0 Å². The minimum Gasteiger partial charge on any atom is -0.508 e. The number of amides is 3. The lowest BCUT2D eigenvalue weighted by atomic mass is 10.1. The minimum atomic E-state index is -0.677. The Morgan fingerprint density at radius 1 is 1.08 bits per heavy atom. The van der Waals surface area contributed by atoms with Crippen LogP contribution in [0.5, 0.6) is 5.75 Å². The predicted molar refractivity (Wildman–Crippen MR) is 93.2 cm³/mol. The van der Waals surface area contributed by atoms with E-state index >= 15 is 0 Å². The molecule has 0 aliphatic heterocycles. The summed E-state index contributed by atoms with van der Waals surface area (Å²) in [5.41, 5.74) is 2.28. The molecule has 1 aromatic carbocycles. The quantitative estimate of drug-likeness (QED) is 0.172. The van der Waals surface area contributed by atoms with Crippen molar-refractivity contribution in [3.63, 3.8) is 0 Å². The number of nitrogens with zero attached hydrogens (tertiary/aromatic N) is 1. The van der Waals surface area contributed by atoms with Crippen LogP contribution in [-0.4, -0.2) is 35.2 Å². The highest BCUT2D eigenvalue weighted by Gasteiger charge is 2.21. The number of rotatable bonds is 10. The van der Waals surface area contributed by atoms with Crippen LogP contribution in [0.2, 0.25) is 0 Å². The van der Waals surface area contributed by atoms with Gasteiger partial charge in [-0.25, -0.2) is 15.5 Å². The Balaban J connectivity index is 2.44. The largest absolute Gasteiger partial charge is 0.508 e. The number of imide groups is 1. The lowest BCUT2D eigenvalue weighted by Gasteiger charge is -2.20. The number of benzene rings is 1. The van der Waals surface area contributed by atoms with Crippen molar-refractivity contribution >= 4 is 11.9 Å². The van der Waals surface area contributed by atoms with E-state index in [1.54, 1.807) is 0 Å². The van der Waals surface area contributed by atoms with Gasteiger partial charge in [-0.2, -0.15) is 0 Å². The Morgan fingerprint density at radius 3 is 2.33 bits per heavy atom. The molecule has 1 rings (SSSR count). The van der Waals surface area contributed by atoms with Crippen LogP contribution in [-0.2, 0) is 0 Å². The molecule has 0 bridgehead atoms. The molecule has 3 amide bonds. The van der Waals surface area contributed by atoms with Gasteiger partial charge in [-0.15, -0.1) is 0 Å². The number of nitrogens with one attached hydrogen (secondary N) is 2. The molecular weight excluding hydrogens is 308 g/mol. The summed E-state index contributed by atoms with van der Waals surface area (Å²) >= 11 is 0. The fourth-order valence-electron chi connectivity index (χ4n) is 2.29. The molecule has 0 saturated heterocycles. The van der Waals surface area contributed by atoms with Gasteiger partial charge in [-0.1, -0.05) is 39.0 Å². The normalized spacial score (nSPS) is 10.4. The SMILES string of the molecule is CCCCCCCCNCN(C(=O)NN)C(=O)c1ccc(O)cc1. The van der Waals surface area contributed by atoms with Gasteiger partial charge in [0.1, 0.15) is 5.75 Å². The zero-order valence-corrected chi connectivity index (χ0v) is 14.3. The smallest absolute Gasteiger partial charge is 0.339 e. The monoisotopic (exact) mass is 336 g/mol. The van der Waals surface area contributed by atoms with E-state index in [0.29, 0.717) is 5.56 Å². The number of phenols is 1. The maximum Gasteiger partial charge on any atom is 0.339 e. The zero-order chi connectivity index (χ0) is 17.8. The van der Waals surface area contributed by atoms with Gasteiger partial charge in [0.15, 0.2) is 0 Å². The fraction of sp³-hybridized carbons (Fsp3) is 0.529. The number of urea groups is 1. The van der Waals surface area contributed by atoms with E-state index in [1.807, 2.05) is 5.43 Å². The second kappa shape index (κ2) is 11.4. The Hall–Kier alpha value is -2.12. The van der Waals surface area contributed by atoms with Crippen molar-refractivity contribution < 1.29 is 14.7 Å². The van der Waals surface area contributed by atoms with Crippen molar-refractivity contribution in [2.75, 3.05) is 13.2 Å². The topological polar surface area (TPSA) is 108 Å². The third kappa shape index (κ3) is 6.97. The predicted octanol–water partition coefficient (Wildman–Crippen LogP) is 2.33. The molecule has 0 aliphatic rings. The van der Waals surface area contributed by atoms with Crippen molar-refractivity contribution in [2.24, 2.45) is 5.84 Å². The van der Waals surface area contributed by atoms with Crippen molar-refractivity contribution in [3.05, 3.63) is 29.8 Å². The van der Waals surface area contributed by atoms with Crippen LogP contribution in [0.1, 0.15) is 55.8 Å². The third-order valence-electron chi connectivity index (χ3n) is 3.71. The lowest BCUT2D eigenvalue weighted by Crippen LogP contribution is -2.50. The molecular formula is C17H28N4O3. The van der Waals surface area contributed by atoms with Crippen molar-refractivity contribution in [1.82, 2.24) is 15.6 Å². The number of aromatic hydroxyl groups is 1. The van der Waals surface area contributed by atoms with Gasteiger partial charge < -0.3 is 5.11 Å². The number of nitrogens with two attached hydrogens (primary N) is 1. The van der Waals surface area contributed by atoms with Gasteiger partial charge in [0.25, 0.3) is 5.91 Å². The highest BCUT2D eigenvalue weighted by atomic mass is 16.3. The molecule has 0 saturated carbocycles. The first-order valence-corrected chi connectivity index (χ1v) is 8.42. The Morgan fingerprint density at radius 2 is 1.71 bits per heavy atom. The van der Waals surface area contributed by atoms with E-state index in [9.17, 15) is 14.7 Å². The average Bonchev–Trinajstić information content (AvgIpc) is 2.60. The van der Waals surface area contributed by atoms with Crippen LogP contribution in [0.25, 0.3) is 0 Å². The standard InChI is InChI=1S/C17H28N4O3/c1-2-3-4-5-6-7-12-19-13-21(17(24)20-18)16(23)14-8-10-15(22)11-9-14/h8-11,19,22H,2-7,12-13,18H2,1H3,(H,20,24). The first-order chi connectivity index (χ1) is 11.6. The molecule has 134 valence electrons. The third-order valence-corrected chi connectivity index (χ3v) is 3.71. The molecule has 24 heavy (non-hydrogen) atoms. The number of unbranched alkanes of at least 4 members (excludes halogenated alkanes) is 5. The molecule has 0 aromatic heterocycles. The van der Waals surface area contributed by atoms with Gasteiger partial charge in [0.2, 0.25) is 0 Å². The minimum absolute atomic E-state index is 0.0579. The average molecular weight is 336 g/mol. The van der Waals surface area contributed by atoms with E-state index in [1.165, 1.54) is 49.9 Å². The summed E-state index contributed by atoms with van der Waals surface area (Å²) in [7, 11) is 0. The highest BCUT2D eigenvalue weighted by Crippen LogP contribution is 2.11. The lowest BCUT2D eigenvalue weighted by molar-refractivity contribution is 0.0790. The summed E-state index contributed by atoms with van der Waals surface area (Å²) in [5, 5.41) is 12.4. The molecule has 0 fully saturated rings. The van der Waals surface area contributed by atoms with Gasteiger partial charge in [0, 0.05) is 5.56 Å². The molecule has 0 spiro atoms. The van der Waals surface area contributed by atoms with E-state index in [4.69, 9.17) is 5.84 Å². The summed E-state index contributed by atoms with van der Waals surface area (Å²) in [5.74, 6) is 4.73. The van der Waals surface area contributed by atoms with Gasteiger partial charge in [-0.05, 0) is 37.2 Å². The van der Waals surface area contributed by atoms with Gasteiger partial charge >= 0.3 is 6.03 Å². The zero-order valence-electron chi connectivity index (χ0n) is 14.3. The van der Waals surface area contributed by atoms with E-state index in [2.05, 4.69) is 12.2 Å². The first-order valence-electron chi connectivity index (χ1n) is 8.42. The molecule has 0 radical (unpaired) electrons. The molecule has 5 N–H and O–H groups in total. The number of hydrogen-bond donors (Lipinski definition) is 4. The van der Waals surface area contributed by atoms with Crippen LogP contribution in [0, 0.1) is 0 Å². The Labute approximate surface area is 143 Å². The Bertz CT molecular complexity index is 505. The highest BCUT2D eigenvalue weighted by molar-refractivity contribution is 6.04. The molecule has 0 unspecified atom stereocenters. The van der Waals surface area contributed by atoms with Crippen molar-refractivity contribution in [1.29, 1.82) is 0 Å². The van der Waals surface area contributed by atoms with E-state index in [-0.39, 0.29) is 12.4 Å². The van der Waals surface area contributed by atoms with Crippen molar-refractivity contribution in [3.8, 4) is 5.75 Å². The van der Waals surface area contributed by atoms with Gasteiger partial charge in [0.05, 0.1) is 6.67 Å². The van der Waals surface area contributed by atoms with E-state index in [0.717, 1.165) is 24.3 Å². The summed E-state index contributed by atoms with van der Waals surface area (Å²) < 4.78 is 0.